The molecule has 2 aromatic carbocycles. The SMILES string of the molecule is CC(=O)N(CC(=O)NCc1ccc2c(c1)OCO2)c1c(F)cccc1F. The molecule has 6 nitrogen and oxygen atoms in total. The number of nitrogens with zero attached hydrogens (tertiary/aromatic N) is 1. The highest BCUT2D eigenvalue weighted by atomic mass is 19.1. The number of para-hydroxylation sites is 1. The Bertz CT molecular complexity index is 837. The molecular weight excluding hydrogens is 346 g/mol. The monoisotopic (exact) mass is 362 g/mol. The van der Waals surface area contributed by atoms with E-state index in [2.05, 4.69) is 5.32 Å². The van der Waals surface area contributed by atoms with Gasteiger partial charge < -0.3 is 14.8 Å². The first-order valence-corrected chi connectivity index (χ1v) is 7.83. The number of rotatable bonds is 5. The minimum atomic E-state index is -0.913. The van der Waals surface area contributed by atoms with Gasteiger partial charge in [-0.3, -0.25) is 14.5 Å². The molecule has 1 aliphatic heterocycles. The van der Waals surface area contributed by atoms with Crippen molar-refractivity contribution >= 4 is 17.5 Å². The van der Waals surface area contributed by atoms with Gasteiger partial charge in [0.15, 0.2) is 11.5 Å². The van der Waals surface area contributed by atoms with Gasteiger partial charge in [0.1, 0.15) is 23.9 Å². The molecule has 0 aromatic heterocycles. The van der Waals surface area contributed by atoms with E-state index in [4.69, 9.17) is 9.47 Å². The van der Waals surface area contributed by atoms with E-state index in [1.807, 2.05) is 0 Å². The van der Waals surface area contributed by atoms with Crippen molar-refractivity contribution in [1.29, 1.82) is 0 Å². The van der Waals surface area contributed by atoms with Crippen LogP contribution in [-0.2, 0) is 16.1 Å². The lowest BCUT2D eigenvalue weighted by atomic mass is 10.2. The zero-order chi connectivity index (χ0) is 18.7. The Labute approximate surface area is 148 Å². The Balaban J connectivity index is 1.66. The van der Waals surface area contributed by atoms with Gasteiger partial charge in [0.2, 0.25) is 18.6 Å². The molecule has 1 heterocycles. The van der Waals surface area contributed by atoms with Crippen molar-refractivity contribution in [2.75, 3.05) is 18.2 Å². The van der Waals surface area contributed by atoms with Crippen LogP contribution in [0.2, 0.25) is 0 Å². The summed E-state index contributed by atoms with van der Waals surface area (Å²) in [5, 5.41) is 2.61. The molecule has 1 aliphatic rings. The molecule has 136 valence electrons. The van der Waals surface area contributed by atoms with Gasteiger partial charge in [-0.25, -0.2) is 8.78 Å². The molecule has 0 bridgehead atoms. The summed E-state index contributed by atoms with van der Waals surface area (Å²) in [6.07, 6.45) is 0. The summed E-state index contributed by atoms with van der Waals surface area (Å²) in [5.41, 5.74) is 0.215. The normalized spacial score (nSPS) is 12.0. The summed E-state index contributed by atoms with van der Waals surface area (Å²) in [5.74, 6) is -1.83. The summed E-state index contributed by atoms with van der Waals surface area (Å²) < 4.78 is 38.3. The van der Waals surface area contributed by atoms with E-state index in [1.165, 1.54) is 6.07 Å². The Hall–Kier alpha value is -3.16. The van der Waals surface area contributed by atoms with Gasteiger partial charge in [0.05, 0.1) is 0 Å². The second-order valence-electron chi connectivity index (χ2n) is 5.64. The van der Waals surface area contributed by atoms with E-state index < -0.39 is 35.7 Å². The zero-order valence-electron chi connectivity index (χ0n) is 13.9. The van der Waals surface area contributed by atoms with E-state index in [9.17, 15) is 18.4 Å². The average molecular weight is 362 g/mol. The first-order chi connectivity index (χ1) is 12.5. The molecule has 26 heavy (non-hydrogen) atoms. The number of nitrogens with one attached hydrogen (secondary N) is 1. The number of ether oxygens (including phenoxy) is 2. The van der Waals surface area contributed by atoms with E-state index in [0.717, 1.165) is 29.5 Å². The Morgan fingerprint density at radius 3 is 2.50 bits per heavy atom. The van der Waals surface area contributed by atoms with Crippen LogP contribution < -0.4 is 19.7 Å². The number of halogens is 2. The smallest absolute Gasteiger partial charge is 0.240 e. The van der Waals surface area contributed by atoms with Gasteiger partial charge in [-0.2, -0.15) is 0 Å². The molecule has 0 radical (unpaired) electrons. The Morgan fingerprint density at radius 1 is 1.12 bits per heavy atom. The second kappa shape index (κ2) is 7.38. The van der Waals surface area contributed by atoms with Crippen LogP contribution in [-0.4, -0.2) is 25.2 Å². The van der Waals surface area contributed by atoms with Crippen molar-refractivity contribution < 1.29 is 27.8 Å². The van der Waals surface area contributed by atoms with Crippen LogP contribution in [0.25, 0.3) is 0 Å². The first kappa shape index (κ1) is 17.7. The van der Waals surface area contributed by atoms with Gasteiger partial charge in [0, 0.05) is 13.5 Å². The van der Waals surface area contributed by atoms with Crippen molar-refractivity contribution in [3.63, 3.8) is 0 Å². The minimum absolute atomic E-state index is 0.146. The van der Waals surface area contributed by atoms with Crippen LogP contribution in [0.5, 0.6) is 11.5 Å². The molecule has 0 saturated heterocycles. The lowest BCUT2D eigenvalue weighted by Crippen LogP contribution is -2.40. The highest BCUT2D eigenvalue weighted by Gasteiger charge is 2.22. The summed E-state index contributed by atoms with van der Waals surface area (Å²) in [6, 6.07) is 8.44. The fourth-order valence-electron chi connectivity index (χ4n) is 2.55. The fraction of sp³-hybridized carbons (Fsp3) is 0.222. The maximum atomic E-state index is 13.9. The molecule has 0 atom stereocenters. The quantitative estimate of drug-likeness (QED) is 0.887. The number of hydrogen-bond acceptors (Lipinski definition) is 4. The molecule has 1 N–H and O–H groups in total. The first-order valence-electron chi connectivity index (χ1n) is 7.83. The number of amides is 2. The molecule has 2 amide bonds. The van der Waals surface area contributed by atoms with Gasteiger partial charge in [-0.1, -0.05) is 12.1 Å². The third-order valence-corrected chi connectivity index (χ3v) is 3.82. The fourth-order valence-corrected chi connectivity index (χ4v) is 2.55. The topological polar surface area (TPSA) is 67.9 Å². The van der Waals surface area contributed by atoms with E-state index in [0.29, 0.717) is 11.5 Å². The van der Waals surface area contributed by atoms with Gasteiger partial charge in [-0.05, 0) is 29.8 Å². The highest BCUT2D eigenvalue weighted by molar-refractivity contribution is 5.97. The highest BCUT2D eigenvalue weighted by Crippen LogP contribution is 2.32. The number of hydrogen-bond donors (Lipinski definition) is 1. The van der Waals surface area contributed by atoms with E-state index in [1.54, 1.807) is 18.2 Å². The van der Waals surface area contributed by atoms with Crippen LogP contribution in [0.1, 0.15) is 12.5 Å². The largest absolute Gasteiger partial charge is 0.454 e. The molecule has 8 heteroatoms. The summed E-state index contributed by atoms with van der Waals surface area (Å²) in [4.78, 5) is 24.7. The van der Waals surface area contributed by atoms with Crippen molar-refractivity contribution in [3.8, 4) is 11.5 Å². The molecule has 3 rings (SSSR count). The molecule has 0 saturated carbocycles. The summed E-state index contributed by atoms with van der Waals surface area (Å²) in [7, 11) is 0. The predicted octanol–water partition coefficient (Wildman–Crippen LogP) is 2.36. The van der Waals surface area contributed by atoms with E-state index >= 15 is 0 Å². The second-order valence-corrected chi connectivity index (χ2v) is 5.64. The third kappa shape index (κ3) is 3.74. The number of fused-ring (bicyclic) bond motifs is 1. The van der Waals surface area contributed by atoms with Crippen molar-refractivity contribution in [3.05, 3.63) is 53.6 Å². The number of carbonyl (C=O) groups is 2. The van der Waals surface area contributed by atoms with Crippen molar-refractivity contribution in [1.82, 2.24) is 5.32 Å². The third-order valence-electron chi connectivity index (χ3n) is 3.82. The number of anilines is 1. The maximum Gasteiger partial charge on any atom is 0.240 e. The molecule has 0 unspecified atom stereocenters. The number of carbonyl (C=O) groups excluding carboxylic acids is 2. The van der Waals surface area contributed by atoms with E-state index in [-0.39, 0.29) is 13.3 Å². The van der Waals surface area contributed by atoms with Gasteiger partial charge in [0.25, 0.3) is 0 Å². The molecule has 2 aromatic rings. The summed E-state index contributed by atoms with van der Waals surface area (Å²) >= 11 is 0. The Morgan fingerprint density at radius 2 is 1.81 bits per heavy atom. The van der Waals surface area contributed by atoms with Crippen LogP contribution in [0.3, 0.4) is 0 Å². The minimum Gasteiger partial charge on any atom is -0.454 e. The van der Waals surface area contributed by atoms with Crippen LogP contribution in [0.4, 0.5) is 14.5 Å². The maximum absolute atomic E-state index is 13.9. The zero-order valence-corrected chi connectivity index (χ0v) is 13.9. The lowest BCUT2D eigenvalue weighted by Gasteiger charge is -2.21. The predicted molar refractivity (Wildman–Crippen MR) is 88.8 cm³/mol. The lowest BCUT2D eigenvalue weighted by molar-refractivity contribution is -0.123. The average Bonchev–Trinajstić information content (AvgIpc) is 3.06. The van der Waals surface area contributed by atoms with Crippen LogP contribution in [0.15, 0.2) is 36.4 Å². The molecular formula is C18H16F2N2O4. The van der Waals surface area contributed by atoms with Gasteiger partial charge >= 0.3 is 0 Å². The standard InChI is InChI=1S/C18H16F2N2O4/c1-11(23)22(18-13(19)3-2-4-14(18)20)9-17(24)21-8-12-5-6-15-16(7-12)26-10-25-15/h2-7H,8-10H2,1H3,(H,21,24). The van der Waals surface area contributed by atoms with Crippen molar-refractivity contribution in [2.24, 2.45) is 0 Å². The van der Waals surface area contributed by atoms with Crippen molar-refractivity contribution in [2.45, 2.75) is 13.5 Å². The molecule has 0 fully saturated rings. The van der Waals surface area contributed by atoms with Crippen LogP contribution >= 0.6 is 0 Å². The summed E-state index contributed by atoms with van der Waals surface area (Å²) in [6.45, 7) is 0.947. The van der Waals surface area contributed by atoms with Crippen LogP contribution in [0, 0.1) is 11.6 Å². The number of benzene rings is 2. The van der Waals surface area contributed by atoms with Gasteiger partial charge in [-0.15, -0.1) is 0 Å². The Kier molecular flexibility index (Phi) is 5.01. The molecule has 0 aliphatic carbocycles. The molecule has 0 spiro atoms.